The lowest BCUT2D eigenvalue weighted by Gasteiger charge is -2.16. The minimum atomic E-state index is -1.21. The number of methoxy groups -OCH3 is 1. The van der Waals surface area contributed by atoms with Crippen LogP contribution in [0.4, 0.5) is 30.2 Å². The zero-order chi connectivity index (χ0) is 17.0. The third kappa shape index (κ3) is 3.87. The van der Waals surface area contributed by atoms with Gasteiger partial charge in [-0.3, -0.25) is 0 Å². The predicted octanol–water partition coefficient (Wildman–Crippen LogP) is 3.76. The molecule has 0 atom stereocenters. The summed E-state index contributed by atoms with van der Waals surface area (Å²) >= 11 is 0. The summed E-state index contributed by atoms with van der Waals surface area (Å²) in [5, 5.41) is 2.48. The highest BCUT2D eigenvalue weighted by molar-refractivity contribution is 5.78. The molecule has 0 saturated heterocycles. The van der Waals surface area contributed by atoms with Crippen molar-refractivity contribution in [1.82, 2.24) is 0 Å². The Labute approximate surface area is 132 Å². The van der Waals surface area contributed by atoms with Gasteiger partial charge in [0.05, 0.1) is 12.3 Å². The fourth-order valence-electron chi connectivity index (χ4n) is 1.95. The van der Waals surface area contributed by atoms with Gasteiger partial charge in [-0.15, -0.1) is 0 Å². The lowest BCUT2D eigenvalue weighted by molar-refractivity contribution is 0.146. The Kier molecular flexibility index (Phi) is 5.33. The molecule has 124 valence electrons. The first-order chi connectivity index (χ1) is 10.9. The van der Waals surface area contributed by atoms with Crippen LogP contribution in [0, 0.1) is 24.4 Å². The fraction of sp³-hybridized carbons (Fsp3) is 0.250. The molecular weight excluding hydrogens is 309 g/mol. The smallest absolute Gasteiger partial charge is 0.184 e. The second kappa shape index (κ2) is 7.23. The maximum absolute atomic E-state index is 14.0. The molecule has 0 saturated carbocycles. The summed E-state index contributed by atoms with van der Waals surface area (Å²) in [4.78, 5) is 0. The van der Waals surface area contributed by atoms with E-state index in [1.165, 1.54) is 19.2 Å². The molecule has 2 aromatic rings. The molecule has 0 amide bonds. The average Bonchev–Trinajstić information content (AvgIpc) is 2.51. The van der Waals surface area contributed by atoms with Crippen LogP contribution in [0.1, 0.15) is 5.56 Å². The number of aryl methyl sites for hydroxylation is 1. The van der Waals surface area contributed by atoms with Gasteiger partial charge in [0.1, 0.15) is 29.5 Å². The summed E-state index contributed by atoms with van der Waals surface area (Å²) in [5.41, 5.74) is 5.96. The number of rotatable bonds is 6. The monoisotopic (exact) mass is 326 g/mol. The van der Waals surface area contributed by atoms with Gasteiger partial charge in [-0.25, -0.2) is 13.2 Å². The van der Waals surface area contributed by atoms with E-state index in [-0.39, 0.29) is 36.0 Å². The van der Waals surface area contributed by atoms with Crippen LogP contribution in [0.2, 0.25) is 0 Å². The molecular formula is C16H17F3N2O2. The lowest BCUT2D eigenvalue weighted by atomic mass is 10.2. The number of benzene rings is 2. The zero-order valence-corrected chi connectivity index (χ0v) is 12.8. The molecule has 0 unspecified atom stereocenters. The molecule has 0 radical (unpaired) electrons. The van der Waals surface area contributed by atoms with E-state index in [0.29, 0.717) is 5.56 Å². The largest absolute Gasteiger partial charge is 0.489 e. The number of hydrogen-bond acceptors (Lipinski definition) is 4. The van der Waals surface area contributed by atoms with Gasteiger partial charge in [0.25, 0.3) is 0 Å². The van der Waals surface area contributed by atoms with E-state index in [1.807, 2.05) is 0 Å². The van der Waals surface area contributed by atoms with E-state index in [4.69, 9.17) is 15.2 Å². The molecule has 0 bridgehead atoms. The van der Waals surface area contributed by atoms with Crippen molar-refractivity contribution in [2.45, 2.75) is 6.92 Å². The lowest BCUT2D eigenvalue weighted by Crippen LogP contribution is -2.09. The molecule has 0 spiro atoms. The van der Waals surface area contributed by atoms with Crippen molar-refractivity contribution in [2.24, 2.45) is 0 Å². The van der Waals surface area contributed by atoms with Crippen molar-refractivity contribution in [3.05, 3.63) is 47.3 Å². The fourth-order valence-corrected chi connectivity index (χ4v) is 1.95. The Balaban J connectivity index is 2.36. The average molecular weight is 326 g/mol. The summed E-state index contributed by atoms with van der Waals surface area (Å²) in [5.74, 6) is -3.01. The first-order valence-electron chi connectivity index (χ1n) is 6.86. The number of hydrogen-bond donors (Lipinski definition) is 2. The summed E-state index contributed by atoms with van der Waals surface area (Å²) in [7, 11) is 1.48. The van der Waals surface area contributed by atoms with Crippen molar-refractivity contribution in [3.63, 3.8) is 0 Å². The summed E-state index contributed by atoms with van der Waals surface area (Å²) in [6.07, 6.45) is 0. The highest BCUT2D eigenvalue weighted by Gasteiger charge is 2.19. The number of ether oxygens (including phenoxy) is 2. The minimum absolute atomic E-state index is 0.0189. The summed E-state index contributed by atoms with van der Waals surface area (Å²) < 4.78 is 51.7. The molecule has 0 aromatic heterocycles. The van der Waals surface area contributed by atoms with Gasteiger partial charge in [0.2, 0.25) is 0 Å². The van der Waals surface area contributed by atoms with E-state index < -0.39 is 17.5 Å². The third-order valence-electron chi connectivity index (χ3n) is 3.15. The predicted molar refractivity (Wildman–Crippen MR) is 82.6 cm³/mol. The van der Waals surface area contributed by atoms with Crippen LogP contribution in [0.3, 0.4) is 0 Å². The van der Waals surface area contributed by atoms with Crippen molar-refractivity contribution in [3.8, 4) is 5.75 Å². The Morgan fingerprint density at radius 2 is 1.83 bits per heavy atom. The van der Waals surface area contributed by atoms with Crippen LogP contribution >= 0.6 is 0 Å². The Bertz CT molecular complexity index is 708. The number of nitrogen functional groups attached to an aromatic ring is 1. The normalized spacial score (nSPS) is 10.7. The van der Waals surface area contributed by atoms with E-state index in [1.54, 1.807) is 13.0 Å². The molecule has 0 heterocycles. The van der Waals surface area contributed by atoms with Gasteiger partial charge in [-0.05, 0) is 24.6 Å². The Morgan fingerprint density at radius 3 is 2.48 bits per heavy atom. The number of anilines is 3. The maximum atomic E-state index is 14.0. The van der Waals surface area contributed by atoms with Gasteiger partial charge in [-0.1, -0.05) is 6.07 Å². The Morgan fingerprint density at radius 1 is 1.09 bits per heavy atom. The van der Waals surface area contributed by atoms with Crippen LogP contribution in [0.15, 0.2) is 24.3 Å². The maximum Gasteiger partial charge on any atom is 0.184 e. The molecule has 3 N–H and O–H groups in total. The molecule has 0 aliphatic carbocycles. The van der Waals surface area contributed by atoms with Crippen molar-refractivity contribution >= 4 is 17.1 Å². The second-order valence-electron chi connectivity index (χ2n) is 4.91. The van der Waals surface area contributed by atoms with Gasteiger partial charge >= 0.3 is 0 Å². The van der Waals surface area contributed by atoms with Gasteiger partial charge in [-0.2, -0.15) is 0 Å². The van der Waals surface area contributed by atoms with Crippen LogP contribution in [-0.4, -0.2) is 20.3 Å². The molecule has 23 heavy (non-hydrogen) atoms. The Hall–Kier alpha value is -2.41. The molecule has 0 fully saturated rings. The summed E-state index contributed by atoms with van der Waals surface area (Å²) in [6.45, 7) is 2.09. The van der Waals surface area contributed by atoms with Gasteiger partial charge < -0.3 is 20.5 Å². The number of halogens is 3. The SMILES string of the molecule is COCCOc1cc(F)c(F)c(Nc2ccc(C)cc2F)c1N. The highest BCUT2D eigenvalue weighted by atomic mass is 19.2. The molecule has 4 nitrogen and oxygen atoms in total. The summed E-state index contributed by atoms with van der Waals surface area (Å²) in [6, 6.07) is 5.16. The van der Waals surface area contributed by atoms with Crippen molar-refractivity contribution < 1.29 is 22.6 Å². The standard InChI is InChI=1S/C16H17F3N2O2/c1-9-3-4-12(10(17)7-9)21-16-14(19)11(18)8-13(15(16)20)23-6-5-22-2/h3-4,7-8,21H,5-6,20H2,1-2H3. The van der Waals surface area contributed by atoms with Crippen molar-refractivity contribution in [2.75, 3.05) is 31.4 Å². The van der Waals surface area contributed by atoms with Gasteiger partial charge in [0.15, 0.2) is 11.6 Å². The first kappa shape index (κ1) is 17.0. The van der Waals surface area contributed by atoms with E-state index in [0.717, 1.165) is 6.07 Å². The molecule has 2 rings (SSSR count). The molecule has 7 heteroatoms. The minimum Gasteiger partial charge on any atom is -0.489 e. The van der Waals surface area contributed by atoms with E-state index >= 15 is 0 Å². The second-order valence-corrected chi connectivity index (χ2v) is 4.91. The van der Waals surface area contributed by atoms with Gasteiger partial charge in [0, 0.05) is 13.2 Å². The topological polar surface area (TPSA) is 56.5 Å². The van der Waals surface area contributed by atoms with E-state index in [9.17, 15) is 13.2 Å². The number of nitrogens with one attached hydrogen (secondary N) is 1. The van der Waals surface area contributed by atoms with Crippen LogP contribution in [0.25, 0.3) is 0 Å². The first-order valence-corrected chi connectivity index (χ1v) is 6.86. The number of nitrogens with two attached hydrogens (primary N) is 1. The van der Waals surface area contributed by atoms with Crippen LogP contribution < -0.4 is 15.8 Å². The van der Waals surface area contributed by atoms with Crippen molar-refractivity contribution in [1.29, 1.82) is 0 Å². The van der Waals surface area contributed by atoms with Crippen LogP contribution in [0.5, 0.6) is 5.75 Å². The highest BCUT2D eigenvalue weighted by Crippen LogP contribution is 2.36. The van der Waals surface area contributed by atoms with E-state index in [2.05, 4.69) is 5.32 Å². The molecule has 2 aromatic carbocycles. The third-order valence-corrected chi connectivity index (χ3v) is 3.15. The quantitative estimate of drug-likeness (QED) is 0.627. The molecule has 0 aliphatic rings. The van der Waals surface area contributed by atoms with Crippen LogP contribution in [-0.2, 0) is 4.74 Å². The zero-order valence-electron chi connectivity index (χ0n) is 12.8. The molecule has 0 aliphatic heterocycles.